The number of aryl methyl sites for hydroxylation is 1. The number of pyridine rings is 1. The van der Waals surface area contributed by atoms with Crippen molar-refractivity contribution in [2.24, 2.45) is 5.41 Å². The lowest BCUT2D eigenvalue weighted by molar-refractivity contribution is 0.159. The summed E-state index contributed by atoms with van der Waals surface area (Å²) in [5.74, 6) is 0. The van der Waals surface area contributed by atoms with Gasteiger partial charge >= 0.3 is 0 Å². The van der Waals surface area contributed by atoms with E-state index in [-0.39, 0.29) is 0 Å². The highest BCUT2D eigenvalue weighted by Crippen LogP contribution is 2.42. The largest absolute Gasteiger partial charge is 0.260 e. The van der Waals surface area contributed by atoms with Crippen LogP contribution in [-0.4, -0.2) is 4.98 Å². The van der Waals surface area contributed by atoms with Crippen LogP contribution in [0.15, 0.2) is 16.7 Å². The normalized spacial score (nSPS) is 19.1. The first kappa shape index (κ1) is 10.2. The van der Waals surface area contributed by atoms with Gasteiger partial charge in [0.1, 0.15) is 0 Å². The molecule has 1 aliphatic rings. The maximum absolute atomic E-state index is 4.46. The van der Waals surface area contributed by atoms with E-state index in [1.165, 1.54) is 30.5 Å². The molecule has 76 valence electrons. The minimum atomic E-state index is 0.535. The van der Waals surface area contributed by atoms with Crippen LogP contribution in [0, 0.1) is 12.3 Å². The van der Waals surface area contributed by atoms with Crippen molar-refractivity contribution in [1.82, 2.24) is 4.98 Å². The number of halogens is 1. The van der Waals surface area contributed by atoms with Gasteiger partial charge in [0.2, 0.25) is 0 Å². The maximum atomic E-state index is 4.46. The first-order chi connectivity index (χ1) is 6.59. The molecular weight excluding hydrogens is 238 g/mol. The second-order valence-electron chi connectivity index (χ2n) is 4.77. The zero-order chi connectivity index (χ0) is 10.2. The Morgan fingerprint density at radius 1 is 1.50 bits per heavy atom. The lowest BCUT2D eigenvalue weighted by atomic mass is 9.68. The Kier molecular flexibility index (Phi) is 2.65. The summed E-state index contributed by atoms with van der Waals surface area (Å²) in [4.78, 5) is 4.46. The SMILES string of the molecule is Cc1cc(CC2(C)CCC2)ncc1Br. The van der Waals surface area contributed by atoms with Gasteiger partial charge in [-0.25, -0.2) is 0 Å². The zero-order valence-electron chi connectivity index (χ0n) is 8.81. The Labute approximate surface area is 94.1 Å². The minimum absolute atomic E-state index is 0.535. The molecule has 1 aliphatic carbocycles. The average Bonchev–Trinajstić information content (AvgIpc) is 2.09. The molecule has 0 amide bonds. The third-order valence-electron chi connectivity index (χ3n) is 3.27. The molecule has 2 heteroatoms. The molecule has 2 rings (SSSR count). The molecule has 0 N–H and O–H groups in total. The van der Waals surface area contributed by atoms with Crippen LogP contribution >= 0.6 is 15.9 Å². The van der Waals surface area contributed by atoms with Gasteiger partial charge in [-0.1, -0.05) is 13.3 Å². The smallest absolute Gasteiger partial charge is 0.0416 e. The van der Waals surface area contributed by atoms with Crippen molar-refractivity contribution in [3.05, 3.63) is 28.0 Å². The van der Waals surface area contributed by atoms with E-state index in [0.717, 1.165) is 10.9 Å². The summed E-state index contributed by atoms with van der Waals surface area (Å²) in [6.07, 6.45) is 7.19. The molecule has 0 saturated heterocycles. The molecule has 0 aliphatic heterocycles. The topological polar surface area (TPSA) is 12.9 Å². The van der Waals surface area contributed by atoms with Gasteiger partial charge in [-0.15, -0.1) is 0 Å². The minimum Gasteiger partial charge on any atom is -0.260 e. The van der Waals surface area contributed by atoms with Crippen LogP contribution in [0.3, 0.4) is 0 Å². The molecule has 1 aromatic rings. The van der Waals surface area contributed by atoms with E-state index < -0.39 is 0 Å². The van der Waals surface area contributed by atoms with Crippen molar-refractivity contribution in [3.63, 3.8) is 0 Å². The van der Waals surface area contributed by atoms with Crippen LogP contribution in [0.5, 0.6) is 0 Å². The summed E-state index contributed by atoms with van der Waals surface area (Å²) in [5.41, 5.74) is 3.07. The number of hydrogen-bond acceptors (Lipinski definition) is 1. The van der Waals surface area contributed by atoms with Crippen molar-refractivity contribution in [3.8, 4) is 0 Å². The predicted octanol–water partition coefficient (Wildman–Crippen LogP) is 3.89. The Morgan fingerprint density at radius 3 is 2.71 bits per heavy atom. The summed E-state index contributed by atoms with van der Waals surface area (Å²) in [6.45, 7) is 4.49. The molecule has 0 bridgehead atoms. The van der Waals surface area contributed by atoms with Gasteiger partial charge in [-0.05, 0) is 59.2 Å². The predicted molar refractivity (Wildman–Crippen MR) is 62.3 cm³/mol. The van der Waals surface area contributed by atoms with Crippen LogP contribution in [0.4, 0.5) is 0 Å². The zero-order valence-corrected chi connectivity index (χ0v) is 10.4. The number of rotatable bonds is 2. The van der Waals surface area contributed by atoms with E-state index >= 15 is 0 Å². The molecule has 0 spiro atoms. The van der Waals surface area contributed by atoms with Crippen LogP contribution in [0.1, 0.15) is 37.4 Å². The fraction of sp³-hybridized carbons (Fsp3) is 0.583. The summed E-state index contributed by atoms with van der Waals surface area (Å²) < 4.78 is 1.11. The van der Waals surface area contributed by atoms with Crippen molar-refractivity contribution < 1.29 is 0 Å². The van der Waals surface area contributed by atoms with Gasteiger partial charge < -0.3 is 0 Å². The Bertz CT molecular complexity index is 342. The van der Waals surface area contributed by atoms with Gasteiger partial charge in [0.25, 0.3) is 0 Å². The highest BCUT2D eigenvalue weighted by molar-refractivity contribution is 9.10. The van der Waals surface area contributed by atoms with Gasteiger partial charge in [-0.2, -0.15) is 0 Å². The standard InChI is InChI=1S/C12H16BrN/c1-9-6-10(14-8-11(9)13)7-12(2)4-3-5-12/h6,8H,3-5,7H2,1-2H3. The highest BCUT2D eigenvalue weighted by Gasteiger charge is 2.32. The third-order valence-corrected chi connectivity index (χ3v) is 4.10. The number of hydrogen-bond donors (Lipinski definition) is 0. The summed E-state index contributed by atoms with van der Waals surface area (Å²) in [5, 5.41) is 0. The fourth-order valence-electron chi connectivity index (χ4n) is 2.09. The van der Waals surface area contributed by atoms with E-state index in [1.807, 2.05) is 6.20 Å². The molecule has 1 saturated carbocycles. The van der Waals surface area contributed by atoms with E-state index in [9.17, 15) is 0 Å². The third kappa shape index (κ3) is 2.00. The quantitative estimate of drug-likeness (QED) is 0.780. The molecule has 0 unspecified atom stereocenters. The van der Waals surface area contributed by atoms with Crippen molar-refractivity contribution in [2.75, 3.05) is 0 Å². The highest BCUT2D eigenvalue weighted by atomic mass is 79.9. The van der Waals surface area contributed by atoms with Gasteiger partial charge in [0.15, 0.2) is 0 Å². The Morgan fingerprint density at radius 2 is 2.21 bits per heavy atom. The summed E-state index contributed by atoms with van der Waals surface area (Å²) in [7, 11) is 0. The van der Waals surface area contributed by atoms with E-state index in [2.05, 4.69) is 40.8 Å². The monoisotopic (exact) mass is 253 g/mol. The molecule has 1 nitrogen and oxygen atoms in total. The van der Waals surface area contributed by atoms with Crippen LogP contribution in [0.2, 0.25) is 0 Å². The van der Waals surface area contributed by atoms with E-state index in [1.54, 1.807) is 0 Å². The van der Waals surface area contributed by atoms with Gasteiger partial charge in [-0.3, -0.25) is 4.98 Å². The van der Waals surface area contributed by atoms with Crippen molar-refractivity contribution in [2.45, 2.75) is 39.5 Å². The average molecular weight is 254 g/mol. The first-order valence-electron chi connectivity index (χ1n) is 5.20. The molecular formula is C12H16BrN. The van der Waals surface area contributed by atoms with Gasteiger partial charge in [0.05, 0.1) is 0 Å². The molecule has 14 heavy (non-hydrogen) atoms. The van der Waals surface area contributed by atoms with Crippen molar-refractivity contribution >= 4 is 15.9 Å². The summed E-state index contributed by atoms with van der Waals surface area (Å²) in [6, 6.07) is 2.20. The first-order valence-corrected chi connectivity index (χ1v) is 5.99. The lowest BCUT2D eigenvalue weighted by Crippen LogP contribution is -2.28. The summed E-state index contributed by atoms with van der Waals surface area (Å²) >= 11 is 3.48. The second kappa shape index (κ2) is 3.65. The molecule has 1 fully saturated rings. The second-order valence-corrected chi connectivity index (χ2v) is 5.62. The fourth-order valence-corrected chi connectivity index (χ4v) is 2.31. The lowest BCUT2D eigenvalue weighted by Gasteiger charge is -2.38. The number of nitrogens with zero attached hydrogens (tertiary/aromatic N) is 1. The Balaban J connectivity index is 2.13. The molecule has 0 aromatic carbocycles. The van der Waals surface area contributed by atoms with Crippen LogP contribution in [0.25, 0.3) is 0 Å². The molecule has 1 heterocycles. The number of aromatic nitrogens is 1. The van der Waals surface area contributed by atoms with E-state index in [4.69, 9.17) is 0 Å². The van der Waals surface area contributed by atoms with Crippen LogP contribution in [-0.2, 0) is 6.42 Å². The van der Waals surface area contributed by atoms with Crippen molar-refractivity contribution in [1.29, 1.82) is 0 Å². The van der Waals surface area contributed by atoms with E-state index in [0.29, 0.717) is 5.41 Å². The molecule has 0 atom stereocenters. The molecule has 1 aromatic heterocycles. The Hall–Kier alpha value is -0.370. The maximum Gasteiger partial charge on any atom is 0.0416 e. The van der Waals surface area contributed by atoms with Crippen LogP contribution < -0.4 is 0 Å². The molecule has 0 radical (unpaired) electrons. The van der Waals surface area contributed by atoms with Gasteiger partial charge in [0, 0.05) is 16.4 Å².